The summed E-state index contributed by atoms with van der Waals surface area (Å²) in [7, 11) is 0. The fourth-order valence-corrected chi connectivity index (χ4v) is 3.52. The quantitative estimate of drug-likeness (QED) is 0.673. The number of hydrogen-bond acceptors (Lipinski definition) is 4. The molecule has 1 aromatic rings. The summed E-state index contributed by atoms with van der Waals surface area (Å²) in [4.78, 5) is 24.7. The van der Waals surface area contributed by atoms with Crippen molar-refractivity contribution in [3.63, 3.8) is 0 Å². The number of carbonyl (C=O) groups excluding carboxylic acids is 2. The van der Waals surface area contributed by atoms with Gasteiger partial charge in [0.15, 0.2) is 0 Å². The fraction of sp³-hybridized carbons (Fsp3) is 0.538. The normalized spacial score (nSPS) is 14.9. The Morgan fingerprint density at radius 1 is 1.47 bits per heavy atom. The van der Waals surface area contributed by atoms with Crippen molar-refractivity contribution in [1.29, 1.82) is 0 Å². The van der Waals surface area contributed by atoms with Gasteiger partial charge in [0.1, 0.15) is 5.00 Å². The van der Waals surface area contributed by atoms with Crippen LogP contribution in [0, 0.1) is 0 Å². The van der Waals surface area contributed by atoms with Crippen LogP contribution < -0.4 is 5.32 Å². The highest BCUT2D eigenvalue weighted by atomic mass is 79.9. The molecule has 0 aliphatic heterocycles. The van der Waals surface area contributed by atoms with Gasteiger partial charge in [-0.05, 0) is 38.7 Å². The number of alkyl halides is 1. The van der Waals surface area contributed by atoms with Crippen molar-refractivity contribution in [2.24, 2.45) is 0 Å². The van der Waals surface area contributed by atoms with Gasteiger partial charge in [-0.3, -0.25) is 4.79 Å². The molecule has 0 aromatic carbocycles. The highest BCUT2D eigenvalue weighted by Gasteiger charge is 2.28. The van der Waals surface area contributed by atoms with E-state index in [1.807, 2.05) is 0 Å². The Morgan fingerprint density at radius 2 is 2.21 bits per heavy atom. The molecule has 104 valence electrons. The summed E-state index contributed by atoms with van der Waals surface area (Å²) in [5, 5.41) is 3.44. The molecule has 1 aromatic heterocycles. The van der Waals surface area contributed by atoms with Crippen LogP contribution in [0.1, 0.15) is 41.1 Å². The van der Waals surface area contributed by atoms with Crippen molar-refractivity contribution in [3.8, 4) is 0 Å². The number of rotatable bonds is 4. The molecule has 1 atom stereocenters. The Bertz CT molecular complexity index is 510. The number of hydrogen-bond donors (Lipinski definition) is 1. The maximum atomic E-state index is 12.1. The van der Waals surface area contributed by atoms with E-state index in [0.717, 1.165) is 24.8 Å². The summed E-state index contributed by atoms with van der Waals surface area (Å²) >= 11 is 4.72. The number of carbonyl (C=O) groups is 2. The second kappa shape index (κ2) is 6.05. The van der Waals surface area contributed by atoms with Gasteiger partial charge in [-0.25, -0.2) is 4.79 Å². The molecule has 1 N–H and O–H groups in total. The van der Waals surface area contributed by atoms with Crippen molar-refractivity contribution in [1.82, 2.24) is 0 Å². The Hall–Kier alpha value is -0.880. The van der Waals surface area contributed by atoms with E-state index in [9.17, 15) is 9.59 Å². The van der Waals surface area contributed by atoms with Gasteiger partial charge < -0.3 is 10.1 Å². The van der Waals surface area contributed by atoms with Gasteiger partial charge in [-0.1, -0.05) is 15.9 Å². The van der Waals surface area contributed by atoms with Crippen LogP contribution in [-0.4, -0.2) is 23.3 Å². The van der Waals surface area contributed by atoms with Crippen LogP contribution in [0.2, 0.25) is 0 Å². The molecule has 1 unspecified atom stereocenters. The lowest BCUT2D eigenvalue weighted by molar-refractivity contribution is -0.115. The number of amides is 1. The van der Waals surface area contributed by atoms with E-state index in [0.29, 0.717) is 17.2 Å². The van der Waals surface area contributed by atoms with Crippen molar-refractivity contribution in [2.45, 2.75) is 37.9 Å². The topological polar surface area (TPSA) is 55.4 Å². The first-order valence-electron chi connectivity index (χ1n) is 6.31. The number of ether oxygens (including phenoxy) is 1. The van der Waals surface area contributed by atoms with E-state index < -0.39 is 0 Å². The zero-order valence-corrected chi connectivity index (χ0v) is 13.3. The number of aryl methyl sites for hydroxylation is 1. The van der Waals surface area contributed by atoms with E-state index in [-0.39, 0.29) is 16.7 Å². The van der Waals surface area contributed by atoms with Gasteiger partial charge in [0.05, 0.1) is 17.0 Å². The lowest BCUT2D eigenvalue weighted by Crippen LogP contribution is -2.21. The molecule has 4 nitrogen and oxygen atoms in total. The fourth-order valence-electron chi connectivity index (χ4n) is 2.12. The summed E-state index contributed by atoms with van der Waals surface area (Å²) in [6, 6.07) is 0. The first-order valence-corrected chi connectivity index (χ1v) is 8.04. The third-order valence-corrected chi connectivity index (χ3v) is 4.62. The maximum absolute atomic E-state index is 12.1. The molecule has 1 amide bonds. The van der Waals surface area contributed by atoms with Crippen LogP contribution in [-0.2, 0) is 22.4 Å². The van der Waals surface area contributed by atoms with E-state index in [1.54, 1.807) is 13.8 Å². The second-order valence-electron chi connectivity index (χ2n) is 4.39. The molecule has 0 saturated heterocycles. The van der Waals surface area contributed by atoms with Crippen molar-refractivity contribution in [3.05, 3.63) is 16.0 Å². The Kier molecular flexibility index (Phi) is 4.62. The van der Waals surface area contributed by atoms with Crippen LogP contribution in [0.4, 0.5) is 5.00 Å². The lowest BCUT2D eigenvalue weighted by Gasteiger charge is -2.08. The monoisotopic (exact) mass is 345 g/mol. The van der Waals surface area contributed by atoms with Gasteiger partial charge in [0.2, 0.25) is 5.91 Å². The molecule has 0 radical (unpaired) electrons. The Labute approximate surface area is 124 Å². The molecule has 0 saturated carbocycles. The number of nitrogens with one attached hydrogen (secondary N) is 1. The predicted octanol–water partition coefficient (Wildman–Crippen LogP) is 3.14. The smallest absolute Gasteiger partial charge is 0.341 e. The van der Waals surface area contributed by atoms with Gasteiger partial charge in [0.25, 0.3) is 0 Å². The average molecular weight is 346 g/mol. The SMILES string of the molecule is CCOC(=O)c1c(NC(=O)C(C)Br)sc2c1CCC2. The minimum atomic E-state index is -0.334. The van der Waals surface area contributed by atoms with Crippen molar-refractivity contribution >= 4 is 44.1 Å². The van der Waals surface area contributed by atoms with Crippen LogP contribution in [0.3, 0.4) is 0 Å². The summed E-state index contributed by atoms with van der Waals surface area (Å²) < 4.78 is 5.10. The maximum Gasteiger partial charge on any atom is 0.341 e. The molecule has 0 spiro atoms. The average Bonchev–Trinajstić information content (AvgIpc) is 2.88. The molecular weight excluding hydrogens is 330 g/mol. The highest BCUT2D eigenvalue weighted by Crippen LogP contribution is 2.39. The van der Waals surface area contributed by atoms with Gasteiger partial charge in [-0.15, -0.1) is 11.3 Å². The largest absolute Gasteiger partial charge is 0.462 e. The first-order chi connectivity index (χ1) is 9.04. The summed E-state index contributed by atoms with van der Waals surface area (Å²) in [6.45, 7) is 3.87. The van der Waals surface area contributed by atoms with E-state index >= 15 is 0 Å². The Balaban J connectivity index is 2.32. The van der Waals surface area contributed by atoms with Crippen molar-refractivity contribution in [2.75, 3.05) is 11.9 Å². The van der Waals surface area contributed by atoms with E-state index in [4.69, 9.17) is 4.74 Å². The van der Waals surface area contributed by atoms with Gasteiger partial charge >= 0.3 is 5.97 Å². The van der Waals surface area contributed by atoms with Crippen LogP contribution in [0.5, 0.6) is 0 Å². The summed E-state index contributed by atoms with van der Waals surface area (Å²) in [5.41, 5.74) is 1.61. The number of esters is 1. The number of fused-ring (bicyclic) bond motifs is 1. The summed E-state index contributed by atoms with van der Waals surface area (Å²) in [6.07, 6.45) is 2.93. The number of anilines is 1. The molecule has 19 heavy (non-hydrogen) atoms. The molecule has 1 aliphatic carbocycles. The molecule has 0 fully saturated rings. The molecule has 1 aliphatic rings. The van der Waals surface area contributed by atoms with Gasteiger partial charge in [0, 0.05) is 4.88 Å². The standard InChI is InChI=1S/C13H16BrNO3S/c1-3-18-13(17)10-8-5-4-6-9(8)19-12(10)15-11(16)7(2)14/h7H,3-6H2,1-2H3,(H,15,16). The number of thiophene rings is 1. The molecule has 6 heteroatoms. The highest BCUT2D eigenvalue weighted by molar-refractivity contribution is 9.10. The molecular formula is C13H16BrNO3S. The van der Waals surface area contributed by atoms with Crippen molar-refractivity contribution < 1.29 is 14.3 Å². The molecule has 1 heterocycles. The Morgan fingerprint density at radius 3 is 2.84 bits per heavy atom. The second-order valence-corrected chi connectivity index (χ2v) is 6.87. The minimum absolute atomic E-state index is 0.148. The van der Waals surface area contributed by atoms with Crippen LogP contribution in [0.15, 0.2) is 0 Å². The lowest BCUT2D eigenvalue weighted by atomic mass is 10.1. The van der Waals surface area contributed by atoms with Crippen LogP contribution in [0.25, 0.3) is 0 Å². The third-order valence-electron chi connectivity index (χ3n) is 3.00. The zero-order valence-electron chi connectivity index (χ0n) is 10.9. The summed E-state index contributed by atoms with van der Waals surface area (Å²) in [5.74, 6) is -0.482. The third kappa shape index (κ3) is 3.00. The molecule has 0 bridgehead atoms. The predicted molar refractivity (Wildman–Crippen MR) is 79.3 cm³/mol. The number of halogens is 1. The van der Waals surface area contributed by atoms with Gasteiger partial charge in [-0.2, -0.15) is 0 Å². The van der Waals surface area contributed by atoms with E-state index in [2.05, 4.69) is 21.2 Å². The molecule has 2 rings (SSSR count). The van der Waals surface area contributed by atoms with Crippen LogP contribution >= 0.6 is 27.3 Å². The minimum Gasteiger partial charge on any atom is -0.462 e. The first kappa shape index (κ1) is 14.5. The zero-order chi connectivity index (χ0) is 14.0. The van der Waals surface area contributed by atoms with E-state index in [1.165, 1.54) is 16.2 Å².